The maximum Gasteiger partial charge on any atom is 0.246 e. The Morgan fingerprint density at radius 3 is 2.60 bits per heavy atom. The Morgan fingerprint density at radius 2 is 2.05 bits per heavy atom. The van der Waals surface area contributed by atoms with Crippen LogP contribution in [-0.4, -0.2) is 37.5 Å². The fourth-order valence-corrected chi connectivity index (χ4v) is 3.55. The second-order valence-electron chi connectivity index (χ2n) is 4.29. The predicted molar refractivity (Wildman–Crippen MR) is 79.3 cm³/mol. The second kappa shape index (κ2) is 7.35. The summed E-state index contributed by atoms with van der Waals surface area (Å²) >= 11 is 3.04. The number of nitrogen functional groups attached to an aromatic ring is 1. The third-order valence-corrected chi connectivity index (χ3v) is 5.38. The number of benzene rings is 1. The van der Waals surface area contributed by atoms with Crippen molar-refractivity contribution in [2.45, 2.75) is 24.7 Å². The van der Waals surface area contributed by atoms with E-state index in [1.165, 1.54) is 0 Å². The molecule has 0 aromatic heterocycles. The number of rotatable bonds is 7. The Labute approximate surface area is 126 Å². The first-order chi connectivity index (χ1) is 9.34. The summed E-state index contributed by atoms with van der Waals surface area (Å²) in [5.41, 5.74) is 5.76. The molecule has 0 aliphatic heterocycles. The number of nitrogens with zero attached hydrogens (tertiary/aromatic N) is 1. The normalized spacial score (nSPS) is 12.1. The van der Waals surface area contributed by atoms with E-state index < -0.39 is 20.7 Å². The van der Waals surface area contributed by atoms with E-state index in [0.29, 0.717) is 10.9 Å². The molecule has 1 rings (SSSR count). The monoisotopic (exact) mass is 368 g/mol. The molecule has 1 aromatic rings. The van der Waals surface area contributed by atoms with Crippen LogP contribution in [0.2, 0.25) is 0 Å². The van der Waals surface area contributed by atoms with Crippen LogP contribution in [0.4, 0.5) is 10.1 Å². The molecule has 1 aromatic carbocycles. The fraction of sp³-hybridized carbons (Fsp3) is 0.500. The van der Waals surface area contributed by atoms with Gasteiger partial charge in [0.15, 0.2) is 0 Å². The van der Waals surface area contributed by atoms with Gasteiger partial charge >= 0.3 is 0 Å². The van der Waals surface area contributed by atoms with Crippen LogP contribution in [0, 0.1) is 5.82 Å². The maximum absolute atomic E-state index is 13.9. The highest BCUT2D eigenvalue weighted by Crippen LogP contribution is 2.28. The molecule has 0 spiro atoms. The van der Waals surface area contributed by atoms with Gasteiger partial charge in [0.25, 0.3) is 0 Å². The van der Waals surface area contributed by atoms with Crippen LogP contribution in [0.1, 0.15) is 19.8 Å². The van der Waals surface area contributed by atoms with Crippen LogP contribution < -0.4 is 5.73 Å². The van der Waals surface area contributed by atoms with Gasteiger partial charge in [-0.15, -0.1) is 0 Å². The second-order valence-corrected chi connectivity index (χ2v) is 7.05. The SMILES string of the molecule is CCCCN(CCO)S(=O)(=O)c1cc(N)c(Br)cc1F. The number of aliphatic hydroxyl groups excluding tert-OH is 1. The van der Waals surface area contributed by atoms with Crippen molar-refractivity contribution in [1.29, 1.82) is 0 Å². The van der Waals surface area contributed by atoms with Gasteiger partial charge in [-0.3, -0.25) is 0 Å². The van der Waals surface area contributed by atoms with E-state index >= 15 is 0 Å². The van der Waals surface area contributed by atoms with Crippen molar-refractivity contribution in [3.63, 3.8) is 0 Å². The lowest BCUT2D eigenvalue weighted by atomic mass is 10.3. The van der Waals surface area contributed by atoms with Crippen molar-refractivity contribution in [3.05, 3.63) is 22.4 Å². The quantitative estimate of drug-likeness (QED) is 0.720. The molecule has 8 heteroatoms. The van der Waals surface area contributed by atoms with Crippen LogP contribution in [0.25, 0.3) is 0 Å². The van der Waals surface area contributed by atoms with Gasteiger partial charge in [-0.25, -0.2) is 12.8 Å². The summed E-state index contributed by atoms with van der Waals surface area (Å²) in [5.74, 6) is -0.870. The molecule has 5 nitrogen and oxygen atoms in total. The lowest BCUT2D eigenvalue weighted by Crippen LogP contribution is -2.35. The summed E-state index contributed by atoms with van der Waals surface area (Å²) in [4.78, 5) is -0.470. The average Bonchev–Trinajstić information content (AvgIpc) is 2.38. The molecule has 0 saturated heterocycles. The Kier molecular flexibility index (Phi) is 6.38. The summed E-state index contributed by atoms with van der Waals surface area (Å²) in [6, 6.07) is 2.12. The van der Waals surface area contributed by atoms with Gasteiger partial charge in [0.05, 0.1) is 6.61 Å². The highest BCUT2D eigenvalue weighted by Gasteiger charge is 2.27. The minimum Gasteiger partial charge on any atom is -0.398 e. The molecular weight excluding hydrogens is 351 g/mol. The largest absolute Gasteiger partial charge is 0.398 e. The molecule has 0 aliphatic rings. The van der Waals surface area contributed by atoms with Gasteiger partial charge in [-0.2, -0.15) is 4.31 Å². The van der Waals surface area contributed by atoms with Crippen LogP contribution >= 0.6 is 15.9 Å². The van der Waals surface area contributed by atoms with Gasteiger partial charge in [-0.05, 0) is 34.5 Å². The van der Waals surface area contributed by atoms with Crippen LogP contribution in [0.3, 0.4) is 0 Å². The van der Waals surface area contributed by atoms with Crippen LogP contribution in [0.15, 0.2) is 21.5 Å². The molecule has 20 heavy (non-hydrogen) atoms. The minimum atomic E-state index is -4.01. The van der Waals surface area contributed by atoms with Crippen molar-refractivity contribution in [2.75, 3.05) is 25.4 Å². The topological polar surface area (TPSA) is 83.6 Å². The molecule has 0 amide bonds. The lowest BCUT2D eigenvalue weighted by Gasteiger charge is -2.21. The van der Waals surface area contributed by atoms with E-state index in [0.717, 1.165) is 22.9 Å². The van der Waals surface area contributed by atoms with Gasteiger partial charge in [-0.1, -0.05) is 13.3 Å². The summed E-state index contributed by atoms with van der Waals surface area (Å²) in [6.07, 6.45) is 1.43. The Hall–Kier alpha value is -0.700. The van der Waals surface area contributed by atoms with E-state index in [2.05, 4.69) is 15.9 Å². The maximum atomic E-state index is 13.9. The molecular formula is C12H18BrFN2O3S. The Balaban J connectivity index is 3.22. The van der Waals surface area contributed by atoms with E-state index in [9.17, 15) is 12.8 Å². The van der Waals surface area contributed by atoms with Gasteiger partial charge < -0.3 is 10.8 Å². The summed E-state index contributed by atoms with van der Waals surface area (Å²) < 4.78 is 40.1. The van der Waals surface area contributed by atoms with E-state index in [4.69, 9.17) is 10.8 Å². The zero-order valence-electron chi connectivity index (χ0n) is 11.1. The number of sulfonamides is 1. The number of hydrogen-bond acceptors (Lipinski definition) is 4. The van der Waals surface area contributed by atoms with Gasteiger partial charge in [0.2, 0.25) is 10.0 Å². The van der Waals surface area contributed by atoms with E-state index in [-0.39, 0.29) is 25.4 Å². The number of hydrogen-bond donors (Lipinski definition) is 2. The number of halogens is 2. The molecule has 0 radical (unpaired) electrons. The van der Waals surface area contributed by atoms with Crippen LogP contribution in [-0.2, 0) is 10.0 Å². The number of nitrogens with two attached hydrogens (primary N) is 1. The first-order valence-corrected chi connectivity index (χ1v) is 8.43. The first kappa shape index (κ1) is 17.4. The van der Waals surface area contributed by atoms with Gasteiger partial charge in [0.1, 0.15) is 10.7 Å². The third-order valence-electron chi connectivity index (χ3n) is 2.78. The standard InChI is InChI=1S/C12H18BrFN2O3S/c1-2-3-4-16(5-6-17)20(18,19)12-8-11(15)9(13)7-10(12)14/h7-8,17H,2-6,15H2,1H3. The molecule has 0 saturated carbocycles. The molecule has 0 bridgehead atoms. The fourth-order valence-electron chi connectivity index (χ4n) is 1.68. The zero-order valence-corrected chi connectivity index (χ0v) is 13.5. The summed E-state index contributed by atoms with van der Waals surface area (Å²) in [7, 11) is -4.01. The van der Waals surface area contributed by atoms with E-state index in [1.807, 2.05) is 6.92 Å². The average molecular weight is 369 g/mol. The zero-order chi connectivity index (χ0) is 15.3. The molecule has 0 fully saturated rings. The number of aliphatic hydroxyl groups is 1. The third kappa shape index (κ3) is 3.91. The van der Waals surface area contributed by atoms with E-state index in [1.54, 1.807) is 0 Å². The Bertz CT molecular complexity index is 566. The summed E-state index contributed by atoms with van der Waals surface area (Å²) in [6.45, 7) is 1.76. The number of anilines is 1. The van der Waals surface area contributed by atoms with Gasteiger partial charge in [0, 0.05) is 23.2 Å². The molecule has 0 unspecified atom stereocenters. The molecule has 114 valence electrons. The Morgan fingerprint density at radius 1 is 1.40 bits per heavy atom. The summed E-state index contributed by atoms with van der Waals surface area (Å²) in [5, 5.41) is 8.98. The molecule has 0 heterocycles. The highest BCUT2D eigenvalue weighted by atomic mass is 79.9. The van der Waals surface area contributed by atoms with Crippen LogP contribution in [0.5, 0.6) is 0 Å². The predicted octanol–water partition coefficient (Wildman–Crippen LogP) is 1.95. The molecule has 0 aliphatic carbocycles. The smallest absolute Gasteiger partial charge is 0.246 e. The minimum absolute atomic E-state index is 0.0717. The number of unbranched alkanes of at least 4 members (excludes halogenated alkanes) is 1. The highest BCUT2D eigenvalue weighted by molar-refractivity contribution is 9.10. The van der Waals surface area contributed by atoms with Crippen molar-refractivity contribution >= 4 is 31.6 Å². The van der Waals surface area contributed by atoms with Crippen molar-refractivity contribution < 1.29 is 17.9 Å². The van der Waals surface area contributed by atoms with Crippen molar-refractivity contribution in [1.82, 2.24) is 4.31 Å². The van der Waals surface area contributed by atoms with Crippen molar-refractivity contribution in [2.24, 2.45) is 0 Å². The lowest BCUT2D eigenvalue weighted by molar-refractivity contribution is 0.252. The molecule has 3 N–H and O–H groups in total. The molecule has 0 atom stereocenters. The van der Waals surface area contributed by atoms with Crippen molar-refractivity contribution in [3.8, 4) is 0 Å². The first-order valence-electron chi connectivity index (χ1n) is 6.20.